The fourth-order valence-corrected chi connectivity index (χ4v) is 3.44. The van der Waals surface area contributed by atoms with Crippen molar-refractivity contribution < 1.29 is 9.47 Å². The van der Waals surface area contributed by atoms with E-state index >= 15 is 0 Å². The Balaban J connectivity index is 2.22. The van der Waals surface area contributed by atoms with Gasteiger partial charge in [-0.1, -0.05) is 25.5 Å². The predicted octanol–water partition coefficient (Wildman–Crippen LogP) is 2.83. The molecule has 1 aromatic rings. The quantitative estimate of drug-likeness (QED) is 0.839. The largest absolute Gasteiger partial charge is 0.493 e. The molecule has 118 valence electrons. The zero-order valence-electron chi connectivity index (χ0n) is 13.5. The molecule has 2 unspecified atom stereocenters. The van der Waals surface area contributed by atoms with Crippen LogP contribution >= 0.6 is 0 Å². The molecule has 2 N–H and O–H groups in total. The van der Waals surface area contributed by atoms with E-state index in [1.807, 2.05) is 12.1 Å². The van der Waals surface area contributed by atoms with Crippen molar-refractivity contribution in [3.8, 4) is 11.5 Å². The molecule has 0 aromatic heterocycles. The second-order valence-electron chi connectivity index (χ2n) is 5.77. The van der Waals surface area contributed by atoms with Crippen molar-refractivity contribution >= 4 is 0 Å². The maximum Gasteiger partial charge on any atom is 0.165 e. The predicted molar refractivity (Wildman–Crippen MR) is 85.9 cm³/mol. The normalized spacial score (nSPS) is 20.5. The summed E-state index contributed by atoms with van der Waals surface area (Å²) in [5, 5.41) is 0. The van der Waals surface area contributed by atoms with Crippen molar-refractivity contribution in [3.05, 3.63) is 23.8 Å². The molecule has 2 atom stereocenters. The third kappa shape index (κ3) is 3.50. The highest BCUT2D eigenvalue weighted by molar-refractivity contribution is 5.48. The lowest BCUT2D eigenvalue weighted by atomic mass is 10.0. The average Bonchev–Trinajstić information content (AvgIpc) is 2.96. The van der Waals surface area contributed by atoms with Gasteiger partial charge in [0.15, 0.2) is 11.5 Å². The molecule has 2 rings (SSSR count). The minimum atomic E-state index is 0.205. The van der Waals surface area contributed by atoms with Gasteiger partial charge in [-0.05, 0) is 31.4 Å². The van der Waals surface area contributed by atoms with Gasteiger partial charge in [0.1, 0.15) is 0 Å². The molecule has 4 nitrogen and oxygen atoms in total. The Bertz CT molecular complexity index is 450. The molecule has 21 heavy (non-hydrogen) atoms. The molecule has 0 aliphatic carbocycles. The highest BCUT2D eigenvalue weighted by Crippen LogP contribution is 2.38. The van der Waals surface area contributed by atoms with Gasteiger partial charge in [0, 0.05) is 18.7 Å². The number of hydrogen-bond acceptors (Lipinski definition) is 4. The first-order valence-corrected chi connectivity index (χ1v) is 7.90. The maximum absolute atomic E-state index is 6.08. The minimum Gasteiger partial charge on any atom is -0.493 e. The van der Waals surface area contributed by atoms with Gasteiger partial charge in [0.2, 0.25) is 0 Å². The molecule has 0 saturated carbocycles. The van der Waals surface area contributed by atoms with Gasteiger partial charge in [-0.15, -0.1) is 0 Å². The SMILES string of the molecule is CCCC1CCN(C(CN)c2cccc(OC)c2OC)C1. The molecule has 0 radical (unpaired) electrons. The summed E-state index contributed by atoms with van der Waals surface area (Å²) < 4.78 is 11.0. The Hall–Kier alpha value is -1.26. The van der Waals surface area contributed by atoms with E-state index in [0.717, 1.165) is 36.1 Å². The van der Waals surface area contributed by atoms with Crippen LogP contribution in [0.5, 0.6) is 11.5 Å². The third-order valence-electron chi connectivity index (χ3n) is 4.47. The second-order valence-corrected chi connectivity index (χ2v) is 5.77. The molecule has 0 spiro atoms. The minimum absolute atomic E-state index is 0.205. The van der Waals surface area contributed by atoms with E-state index in [-0.39, 0.29) is 6.04 Å². The van der Waals surface area contributed by atoms with Crippen LogP contribution in [0.15, 0.2) is 18.2 Å². The topological polar surface area (TPSA) is 47.7 Å². The van der Waals surface area contributed by atoms with Crippen molar-refractivity contribution in [2.45, 2.75) is 32.2 Å². The molecule has 0 amide bonds. The summed E-state index contributed by atoms with van der Waals surface area (Å²) in [5.41, 5.74) is 7.22. The molecule has 1 aliphatic rings. The van der Waals surface area contributed by atoms with Gasteiger partial charge in [0.05, 0.1) is 20.3 Å². The summed E-state index contributed by atoms with van der Waals surface area (Å²) in [6, 6.07) is 6.25. The molecule has 4 heteroatoms. The number of hydrogen-bond donors (Lipinski definition) is 1. The zero-order chi connectivity index (χ0) is 15.2. The highest BCUT2D eigenvalue weighted by Gasteiger charge is 2.30. The molecule has 1 aromatic carbocycles. The van der Waals surface area contributed by atoms with Gasteiger partial charge >= 0.3 is 0 Å². The summed E-state index contributed by atoms with van der Waals surface area (Å²) in [6.45, 7) is 5.11. The Labute approximate surface area is 128 Å². The van der Waals surface area contributed by atoms with E-state index in [4.69, 9.17) is 15.2 Å². The monoisotopic (exact) mass is 292 g/mol. The number of rotatable bonds is 7. The van der Waals surface area contributed by atoms with Gasteiger partial charge in [-0.25, -0.2) is 0 Å². The van der Waals surface area contributed by atoms with Crippen molar-refractivity contribution in [2.24, 2.45) is 11.7 Å². The highest BCUT2D eigenvalue weighted by atomic mass is 16.5. The lowest BCUT2D eigenvalue weighted by Crippen LogP contribution is -2.32. The standard InChI is InChI=1S/C17H28N2O2/c1-4-6-13-9-10-19(12-13)15(11-18)14-7-5-8-16(20-2)17(14)21-3/h5,7-8,13,15H,4,6,9-12,18H2,1-3H3. The van der Waals surface area contributed by atoms with Crippen LogP contribution in [0.1, 0.15) is 37.8 Å². The van der Waals surface area contributed by atoms with Crippen LogP contribution in [0.25, 0.3) is 0 Å². The summed E-state index contributed by atoms with van der Waals surface area (Å²) in [4.78, 5) is 2.50. The number of methoxy groups -OCH3 is 2. The number of nitrogens with zero attached hydrogens (tertiary/aromatic N) is 1. The first kappa shape index (κ1) is 16.1. The number of para-hydroxylation sites is 1. The summed E-state index contributed by atoms with van der Waals surface area (Å²) in [6.07, 6.45) is 3.84. The van der Waals surface area contributed by atoms with Gasteiger partial charge in [-0.3, -0.25) is 4.90 Å². The number of ether oxygens (including phenoxy) is 2. The number of likely N-dealkylation sites (tertiary alicyclic amines) is 1. The summed E-state index contributed by atoms with van der Waals surface area (Å²) >= 11 is 0. The van der Waals surface area contributed by atoms with Gasteiger partial charge in [0.25, 0.3) is 0 Å². The Morgan fingerprint density at radius 1 is 1.33 bits per heavy atom. The Kier molecular flexibility index (Phi) is 5.88. The third-order valence-corrected chi connectivity index (χ3v) is 4.47. The lowest BCUT2D eigenvalue weighted by Gasteiger charge is -2.29. The van der Waals surface area contributed by atoms with E-state index < -0.39 is 0 Å². The van der Waals surface area contributed by atoms with Crippen LogP contribution in [0.4, 0.5) is 0 Å². The fourth-order valence-electron chi connectivity index (χ4n) is 3.44. The maximum atomic E-state index is 6.08. The van der Waals surface area contributed by atoms with E-state index in [0.29, 0.717) is 6.54 Å². The van der Waals surface area contributed by atoms with Crippen LogP contribution in [0.3, 0.4) is 0 Å². The molecule has 0 bridgehead atoms. The van der Waals surface area contributed by atoms with Crippen LogP contribution in [0.2, 0.25) is 0 Å². The zero-order valence-corrected chi connectivity index (χ0v) is 13.5. The van der Waals surface area contributed by atoms with E-state index in [1.165, 1.54) is 19.3 Å². The van der Waals surface area contributed by atoms with Gasteiger partial charge in [-0.2, -0.15) is 0 Å². The smallest absolute Gasteiger partial charge is 0.165 e. The second kappa shape index (κ2) is 7.66. The van der Waals surface area contributed by atoms with Crippen LogP contribution in [-0.4, -0.2) is 38.8 Å². The van der Waals surface area contributed by atoms with E-state index in [9.17, 15) is 0 Å². The summed E-state index contributed by atoms with van der Waals surface area (Å²) in [7, 11) is 3.37. The van der Waals surface area contributed by atoms with Crippen molar-refractivity contribution in [2.75, 3.05) is 33.9 Å². The molecule has 1 heterocycles. The van der Waals surface area contributed by atoms with Crippen LogP contribution in [-0.2, 0) is 0 Å². The van der Waals surface area contributed by atoms with E-state index in [1.54, 1.807) is 14.2 Å². The van der Waals surface area contributed by atoms with Gasteiger partial charge < -0.3 is 15.2 Å². The lowest BCUT2D eigenvalue weighted by molar-refractivity contribution is 0.232. The number of benzene rings is 1. The Morgan fingerprint density at radius 2 is 2.14 bits per heavy atom. The van der Waals surface area contributed by atoms with Crippen molar-refractivity contribution in [1.29, 1.82) is 0 Å². The molecular formula is C17H28N2O2. The fraction of sp³-hybridized carbons (Fsp3) is 0.647. The average molecular weight is 292 g/mol. The first-order chi connectivity index (χ1) is 10.2. The molecule has 1 aliphatic heterocycles. The Morgan fingerprint density at radius 3 is 2.76 bits per heavy atom. The number of nitrogens with two attached hydrogens (primary N) is 1. The van der Waals surface area contributed by atoms with Crippen molar-refractivity contribution in [1.82, 2.24) is 4.90 Å². The molecule has 1 fully saturated rings. The van der Waals surface area contributed by atoms with E-state index in [2.05, 4.69) is 17.9 Å². The van der Waals surface area contributed by atoms with Crippen LogP contribution in [0, 0.1) is 5.92 Å². The summed E-state index contributed by atoms with van der Waals surface area (Å²) in [5.74, 6) is 2.40. The van der Waals surface area contributed by atoms with Crippen molar-refractivity contribution in [3.63, 3.8) is 0 Å². The molecule has 1 saturated heterocycles. The van der Waals surface area contributed by atoms with Crippen LogP contribution < -0.4 is 15.2 Å². The first-order valence-electron chi connectivity index (χ1n) is 7.90. The molecular weight excluding hydrogens is 264 g/mol.